The molecule has 0 atom stereocenters. The maximum absolute atomic E-state index is 11.9. The lowest BCUT2D eigenvalue weighted by Crippen LogP contribution is -2.26. The summed E-state index contributed by atoms with van der Waals surface area (Å²) in [4.78, 5) is 21.7. The summed E-state index contributed by atoms with van der Waals surface area (Å²) < 4.78 is 0. The van der Waals surface area contributed by atoms with E-state index in [2.05, 4.69) is 15.3 Å². The third-order valence-corrected chi connectivity index (χ3v) is 4.91. The highest BCUT2D eigenvalue weighted by molar-refractivity contribution is 6.35. The van der Waals surface area contributed by atoms with Crippen molar-refractivity contribution in [2.75, 3.05) is 16.8 Å². The van der Waals surface area contributed by atoms with Gasteiger partial charge >= 0.3 is 5.69 Å². The smallest absolute Gasteiger partial charge is 0.334 e. The number of fused-ring (bicyclic) bond motifs is 1. The number of halogens is 2. The highest BCUT2D eigenvalue weighted by Crippen LogP contribution is 2.40. The molecule has 28 heavy (non-hydrogen) atoms. The van der Waals surface area contributed by atoms with E-state index in [0.717, 1.165) is 24.1 Å². The molecule has 1 aliphatic heterocycles. The Morgan fingerprint density at radius 3 is 2.61 bits per heavy atom. The van der Waals surface area contributed by atoms with Crippen molar-refractivity contribution in [1.29, 1.82) is 0 Å². The number of hydrogen-bond acceptors (Lipinski definition) is 6. The van der Waals surface area contributed by atoms with Gasteiger partial charge in [0.15, 0.2) is 0 Å². The van der Waals surface area contributed by atoms with Crippen LogP contribution in [0.25, 0.3) is 0 Å². The number of nitrogens with one attached hydrogen (secondary N) is 1. The molecule has 0 unspecified atom stereocenters. The summed E-state index contributed by atoms with van der Waals surface area (Å²) in [6.07, 6.45) is 3.12. The second kappa shape index (κ2) is 7.61. The van der Waals surface area contributed by atoms with Gasteiger partial charge in [0, 0.05) is 28.0 Å². The lowest BCUT2D eigenvalue weighted by Gasteiger charge is -2.30. The summed E-state index contributed by atoms with van der Waals surface area (Å²) in [7, 11) is 0. The van der Waals surface area contributed by atoms with Gasteiger partial charge in [-0.15, -0.1) is 0 Å². The molecule has 0 spiro atoms. The van der Waals surface area contributed by atoms with Gasteiger partial charge in [0.25, 0.3) is 0 Å². The molecule has 1 aliphatic rings. The molecule has 0 saturated carbocycles. The first-order valence-electron chi connectivity index (χ1n) is 8.61. The normalized spacial score (nSPS) is 13.1. The van der Waals surface area contributed by atoms with Gasteiger partial charge in [-0.3, -0.25) is 10.1 Å². The van der Waals surface area contributed by atoms with Crippen molar-refractivity contribution in [2.24, 2.45) is 0 Å². The Balaban J connectivity index is 1.80. The lowest BCUT2D eigenvalue weighted by atomic mass is 10.0. The molecule has 0 fully saturated rings. The number of aryl methyl sites for hydroxylation is 1. The van der Waals surface area contributed by atoms with Crippen LogP contribution in [0.2, 0.25) is 10.0 Å². The Morgan fingerprint density at radius 1 is 1.11 bits per heavy atom. The highest BCUT2D eigenvalue weighted by atomic mass is 35.5. The van der Waals surface area contributed by atoms with E-state index in [4.69, 9.17) is 23.2 Å². The molecule has 4 rings (SSSR count). The molecule has 9 heteroatoms. The molecule has 1 N–H and O–H groups in total. The van der Waals surface area contributed by atoms with E-state index in [0.29, 0.717) is 22.3 Å². The van der Waals surface area contributed by atoms with Crippen molar-refractivity contribution < 1.29 is 4.92 Å². The maximum atomic E-state index is 11.9. The fourth-order valence-corrected chi connectivity index (χ4v) is 3.87. The number of nitro groups is 1. The van der Waals surface area contributed by atoms with Gasteiger partial charge < -0.3 is 10.2 Å². The molecule has 2 heterocycles. The minimum Gasteiger partial charge on any atom is -0.334 e. The van der Waals surface area contributed by atoms with Gasteiger partial charge in [-0.05, 0) is 42.7 Å². The topological polar surface area (TPSA) is 84.2 Å². The van der Waals surface area contributed by atoms with Crippen LogP contribution in [0.5, 0.6) is 0 Å². The van der Waals surface area contributed by atoms with Crippen LogP contribution >= 0.6 is 23.2 Å². The van der Waals surface area contributed by atoms with E-state index in [1.807, 2.05) is 29.2 Å². The predicted molar refractivity (Wildman–Crippen MR) is 110 cm³/mol. The average Bonchev–Trinajstić information content (AvgIpc) is 2.66. The van der Waals surface area contributed by atoms with Crippen LogP contribution in [0.4, 0.5) is 28.7 Å². The van der Waals surface area contributed by atoms with Crippen LogP contribution < -0.4 is 10.2 Å². The van der Waals surface area contributed by atoms with Gasteiger partial charge in [-0.25, -0.2) is 9.97 Å². The summed E-state index contributed by atoms with van der Waals surface area (Å²) in [6.45, 7) is 0.636. The van der Waals surface area contributed by atoms with Crippen molar-refractivity contribution >= 4 is 51.9 Å². The highest BCUT2D eigenvalue weighted by Gasteiger charge is 2.30. The van der Waals surface area contributed by atoms with E-state index >= 15 is 0 Å². The van der Waals surface area contributed by atoms with Crippen LogP contribution in [0.15, 0.2) is 48.8 Å². The molecule has 0 bridgehead atoms. The number of aromatic nitrogens is 2. The molecule has 0 aliphatic carbocycles. The summed E-state index contributed by atoms with van der Waals surface area (Å²) >= 11 is 12.1. The second-order valence-electron chi connectivity index (χ2n) is 6.32. The molecule has 0 radical (unpaired) electrons. The Bertz CT molecular complexity index is 1040. The van der Waals surface area contributed by atoms with Crippen molar-refractivity contribution in [3.8, 4) is 0 Å². The first kappa shape index (κ1) is 18.5. The molecule has 1 aromatic heterocycles. The monoisotopic (exact) mass is 415 g/mol. The van der Waals surface area contributed by atoms with Crippen LogP contribution in [-0.2, 0) is 6.42 Å². The number of benzene rings is 2. The first-order valence-corrected chi connectivity index (χ1v) is 9.36. The summed E-state index contributed by atoms with van der Waals surface area (Å²) in [6, 6.07) is 12.7. The molecule has 0 saturated heterocycles. The Kier molecular flexibility index (Phi) is 5.02. The summed E-state index contributed by atoms with van der Waals surface area (Å²) in [5.41, 5.74) is 2.37. The van der Waals surface area contributed by atoms with Crippen LogP contribution in [0.1, 0.15) is 12.0 Å². The maximum Gasteiger partial charge on any atom is 0.354 e. The van der Waals surface area contributed by atoms with E-state index in [1.165, 1.54) is 6.33 Å². The number of anilines is 4. The molecule has 7 nitrogen and oxygen atoms in total. The van der Waals surface area contributed by atoms with Gasteiger partial charge in [-0.2, -0.15) is 0 Å². The largest absolute Gasteiger partial charge is 0.354 e. The number of nitrogens with zero attached hydrogens (tertiary/aromatic N) is 4. The first-order chi connectivity index (χ1) is 13.5. The minimum atomic E-state index is -0.471. The van der Waals surface area contributed by atoms with Gasteiger partial charge in [-0.1, -0.05) is 41.4 Å². The zero-order valence-corrected chi connectivity index (χ0v) is 16.1. The quantitative estimate of drug-likeness (QED) is 0.445. The molecule has 142 valence electrons. The van der Waals surface area contributed by atoms with Crippen LogP contribution in [-0.4, -0.2) is 21.4 Å². The van der Waals surface area contributed by atoms with Crippen molar-refractivity contribution in [3.05, 3.63) is 74.5 Å². The van der Waals surface area contributed by atoms with Gasteiger partial charge in [0.05, 0.1) is 4.92 Å². The molecular formula is C19H15Cl2N5O2. The zero-order valence-electron chi connectivity index (χ0n) is 14.6. The van der Waals surface area contributed by atoms with Gasteiger partial charge in [0.2, 0.25) is 11.6 Å². The average molecular weight is 416 g/mol. The van der Waals surface area contributed by atoms with E-state index in [9.17, 15) is 10.1 Å². The van der Waals surface area contributed by atoms with Crippen LogP contribution in [0, 0.1) is 10.1 Å². The van der Waals surface area contributed by atoms with E-state index in [-0.39, 0.29) is 17.3 Å². The minimum absolute atomic E-state index is 0.0800. The second-order valence-corrected chi connectivity index (χ2v) is 7.19. The lowest BCUT2D eigenvalue weighted by molar-refractivity contribution is -0.383. The molecule has 3 aromatic rings. The number of rotatable bonds is 4. The van der Waals surface area contributed by atoms with Crippen molar-refractivity contribution in [2.45, 2.75) is 12.8 Å². The third-order valence-electron chi connectivity index (χ3n) is 4.48. The predicted octanol–water partition coefficient (Wildman–Crippen LogP) is 5.52. The number of hydrogen-bond donors (Lipinski definition) is 1. The SMILES string of the molecule is O=[N+]([O-])c1c(Nc2cc(Cl)cc(Cl)c2)ncnc1N1CCCc2ccccc21. The van der Waals surface area contributed by atoms with E-state index < -0.39 is 4.92 Å². The summed E-state index contributed by atoms with van der Waals surface area (Å²) in [5.74, 6) is 0.333. The van der Waals surface area contributed by atoms with Crippen molar-refractivity contribution in [3.63, 3.8) is 0 Å². The zero-order chi connectivity index (χ0) is 19.7. The number of para-hydroxylation sites is 1. The standard InChI is InChI=1S/C19H15Cl2N5O2/c20-13-8-14(21)10-15(9-13)24-18-17(26(27)28)19(23-11-22-18)25-7-3-5-12-4-1-2-6-16(12)25/h1-2,4,6,8-11H,3,5,7H2,(H,22,23,24). The van der Waals surface area contributed by atoms with Crippen molar-refractivity contribution in [1.82, 2.24) is 9.97 Å². The third kappa shape index (κ3) is 3.58. The Hall–Kier alpha value is -2.90. The Labute approximate surface area is 171 Å². The molecule has 0 amide bonds. The Morgan fingerprint density at radius 2 is 1.86 bits per heavy atom. The molecular weight excluding hydrogens is 401 g/mol. The van der Waals surface area contributed by atoms with Crippen LogP contribution in [0.3, 0.4) is 0 Å². The fraction of sp³-hybridized carbons (Fsp3) is 0.158. The molecule has 2 aromatic carbocycles. The summed E-state index contributed by atoms with van der Waals surface area (Å²) in [5, 5.41) is 15.7. The fourth-order valence-electron chi connectivity index (χ4n) is 3.34. The van der Waals surface area contributed by atoms with Gasteiger partial charge in [0.1, 0.15) is 6.33 Å². The van der Waals surface area contributed by atoms with E-state index in [1.54, 1.807) is 18.2 Å².